The van der Waals surface area contributed by atoms with Crippen LogP contribution < -0.4 is 15.8 Å². The Morgan fingerprint density at radius 2 is 2.04 bits per heavy atom. The van der Waals surface area contributed by atoms with Crippen LogP contribution in [0.4, 0.5) is 11.4 Å². The molecule has 1 aliphatic heterocycles. The lowest BCUT2D eigenvalue weighted by atomic mass is 10.2. The van der Waals surface area contributed by atoms with Gasteiger partial charge >= 0.3 is 0 Å². The van der Waals surface area contributed by atoms with E-state index in [0.717, 1.165) is 12.8 Å². The Hall–Kier alpha value is -3.16. The van der Waals surface area contributed by atoms with Gasteiger partial charge in [-0.1, -0.05) is 23.4 Å². The van der Waals surface area contributed by atoms with Crippen molar-refractivity contribution in [3.8, 4) is 0 Å². The number of nitrogens with zero attached hydrogens (tertiary/aromatic N) is 3. The Labute approximate surface area is 150 Å². The average molecular weight is 353 g/mol. The minimum Gasteiger partial charge on any atom is -0.359 e. The molecule has 2 aliphatic rings. The molecule has 0 spiro atoms. The highest BCUT2D eigenvalue weighted by atomic mass is 16.5. The van der Waals surface area contributed by atoms with Crippen molar-refractivity contribution in [3.05, 3.63) is 41.8 Å². The summed E-state index contributed by atoms with van der Waals surface area (Å²) in [5, 5.41) is 8.12. The maximum Gasteiger partial charge on any atom is 0.292 e. The molecule has 2 amide bonds. The van der Waals surface area contributed by atoms with Crippen molar-refractivity contribution in [2.24, 2.45) is 4.99 Å². The maximum absolute atomic E-state index is 12.7. The number of anilines is 2. The molecule has 2 N–H and O–H groups in total. The summed E-state index contributed by atoms with van der Waals surface area (Å²) in [4.78, 5) is 29.3. The van der Waals surface area contributed by atoms with Crippen LogP contribution in [0.2, 0.25) is 0 Å². The van der Waals surface area contributed by atoms with E-state index in [4.69, 9.17) is 4.52 Å². The number of benzene rings is 1. The van der Waals surface area contributed by atoms with Crippen LogP contribution in [0.1, 0.15) is 37.1 Å². The summed E-state index contributed by atoms with van der Waals surface area (Å²) in [7, 11) is 0. The Morgan fingerprint density at radius 3 is 2.73 bits per heavy atom. The number of hydrazine groups is 1. The van der Waals surface area contributed by atoms with Gasteiger partial charge in [0, 0.05) is 5.92 Å². The maximum atomic E-state index is 12.7. The molecule has 8 heteroatoms. The number of amidine groups is 1. The summed E-state index contributed by atoms with van der Waals surface area (Å²) in [6.07, 6.45) is 2.06. The van der Waals surface area contributed by atoms with Crippen LogP contribution in [0, 0.1) is 6.92 Å². The third-order valence-corrected chi connectivity index (χ3v) is 4.42. The number of hydrogen-bond acceptors (Lipinski definition) is 6. The third-order valence-electron chi connectivity index (χ3n) is 4.42. The summed E-state index contributed by atoms with van der Waals surface area (Å²) in [5.41, 5.74) is 4.68. The van der Waals surface area contributed by atoms with E-state index in [1.54, 1.807) is 26.0 Å². The fourth-order valence-electron chi connectivity index (χ4n) is 2.84. The second-order valence-corrected chi connectivity index (χ2v) is 6.51. The topological polar surface area (TPSA) is 99.8 Å². The monoisotopic (exact) mass is 353 g/mol. The highest BCUT2D eigenvalue weighted by molar-refractivity contribution is 6.43. The molecule has 0 radical (unpaired) electrons. The van der Waals surface area contributed by atoms with Crippen LogP contribution in [0.15, 0.2) is 39.8 Å². The van der Waals surface area contributed by atoms with Crippen molar-refractivity contribution < 1.29 is 14.1 Å². The smallest absolute Gasteiger partial charge is 0.292 e. The predicted octanol–water partition coefficient (Wildman–Crippen LogP) is 2.14. The minimum atomic E-state index is -0.663. The van der Waals surface area contributed by atoms with Crippen molar-refractivity contribution in [1.82, 2.24) is 10.6 Å². The average Bonchev–Trinajstić information content (AvgIpc) is 3.43. The molecule has 1 aliphatic carbocycles. The van der Waals surface area contributed by atoms with E-state index in [2.05, 4.69) is 20.9 Å². The highest BCUT2D eigenvalue weighted by Crippen LogP contribution is 2.44. The number of para-hydroxylation sites is 1. The van der Waals surface area contributed by atoms with Crippen LogP contribution in [0.3, 0.4) is 0 Å². The summed E-state index contributed by atoms with van der Waals surface area (Å²) >= 11 is 0. The molecule has 2 aromatic rings. The van der Waals surface area contributed by atoms with E-state index in [1.165, 1.54) is 5.01 Å². The van der Waals surface area contributed by atoms with E-state index in [0.29, 0.717) is 28.7 Å². The third kappa shape index (κ3) is 2.94. The van der Waals surface area contributed by atoms with Gasteiger partial charge in [0.1, 0.15) is 17.4 Å². The van der Waals surface area contributed by atoms with E-state index >= 15 is 0 Å². The number of aliphatic imine (C=N–C) groups is 1. The molecule has 8 nitrogen and oxygen atoms in total. The zero-order valence-electron chi connectivity index (χ0n) is 14.5. The first kappa shape index (κ1) is 16.3. The Bertz CT molecular complexity index is 885. The highest BCUT2D eigenvalue weighted by Gasteiger charge is 2.34. The van der Waals surface area contributed by atoms with Gasteiger partial charge in [0.15, 0.2) is 5.76 Å². The van der Waals surface area contributed by atoms with Gasteiger partial charge in [-0.2, -0.15) is 0 Å². The van der Waals surface area contributed by atoms with Crippen LogP contribution in [0.5, 0.6) is 0 Å². The van der Waals surface area contributed by atoms with Crippen molar-refractivity contribution in [2.75, 3.05) is 10.3 Å². The zero-order chi connectivity index (χ0) is 18.3. The number of amides is 2. The largest absolute Gasteiger partial charge is 0.359 e. The summed E-state index contributed by atoms with van der Waals surface area (Å²) in [6.45, 7) is 3.44. The number of aryl methyl sites for hydroxylation is 1. The van der Waals surface area contributed by atoms with Crippen LogP contribution in [-0.2, 0) is 9.59 Å². The van der Waals surface area contributed by atoms with Gasteiger partial charge in [0.2, 0.25) is 5.84 Å². The van der Waals surface area contributed by atoms with Gasteiger partial charge in [0.25, 0.3) is 11.8 Å². The Morgan fingerprint density at radius 1 is 1.31 bits per heavy atom. The molecule has 0 saturated heterocycles. The number of nitrogens with one attached hydrogen (secondary N) is 2. The zero-order valence-corrected chi connectivity index (χ0v) is 14.5. The fourth-order valence-corrected chi connectivity index (χ4v) is 2.84. The molecule has 134 valence electrons. The number of rotatable bonds is 4. The van der Waals surface area contributed by atoms with Crippen LogP contribution in [0.25, 0.3) is 0 Å². The summed E-state index contributed by atoms with van der Waals surface area (Å²) in [6, 6.07) is 8.41. The molecule has 1 unspecified atom stereocenters. The van der Waals surface area contributed by atoms with E-state index in [1.807, 2.05) is 18.2 Å². The summed E-state index contributed by atoms with van der Waals surface area (Å²) in [5.74, 6) is 0.430. The quantitative estimate of drug-likeness (QED) is 0.877. The second kappa shape index (κ2) is 6.29. The minimum absolute atomic E-state index is 0.0725. The van der Waals surface area contributed by atoms with Crippen molar-refractivity contribution in [2.45, 2.75) is 38.6 Å². The number of hydrogen-bond donors (Lipinski definition) is 2. The molecule has 4 rings (SSSR count). The lowest BCUT2D eigenvalue weighted by Gasteiger charge is -2.30. The van der Waals surface area contributed by atoms with Crippen molar-refractivity contribution in [3.63, 3.8) is 0 Å². The molecular formula is C18H19N5O3. The number of carbonyl (C=O) groups excluding carboxylic acids is 2. The molecule has 1 saturated carbocycles. The normalized spacial score (nSPS) is 19.8. The SMILES string of the molecule is Cc1noc(C2CC2)c1NC(=O)C1=NC(C)C(=O)N(c2ccccc2)N1. The first-order valence-electron chi connectivity index (χ1n) is 8.55. The molecular weight excluding hydrogens is 334 g/mol. The first-order chi connectivity index (χ1) is 12.5. The molecule has 26 heavy (non-hydrogen) atoms. The van der Waals surface area contributed by atoms with Crippen LogP contribution in [-0.4, -0.2) is 28.8 Å². The van der Waals surface area contributed by atoms with Gasteiger partial charge in [-0.15, -0.1) is 0 Å². The first-order valence-corrected chi connectivity index (χ1v) is 8.55. The molecule has 1 fully saturated rings. The number of aromatic nitrogens is 1. The Kier molecular flexibility index (Phi) is 3.95. The van der Waals surface area contributed by atoms with E-state index in [9.17, 15) is 9.59 Å². The lowest BCUT2D eigenvalue weighted by Crippen LogP contribution is -2.57. The molecule has 1 atom stereocenters. The second-order valence-electron chi connectivity index (χ2n) is 6.51. The predicted molar refractivity (Wildman–Crippen MR) is 95.8 cm³/mol. The molecule has 2 heterocycles. The number of carbonyl (C=O) groups is 2. The van der Waals surface area contributed by atoms with Gasteiger partial charge in [-0.05, 0) is 38.8 Å². The Balaban J connectivity index is 1.57. The van der Waals surface area contributed by atoms with E-state index < -0.39 is 11.9 Å². The van der Waals surface area contributed by atoms with Gasteiger partial charge in [0.05, 0.1) is 5.69 Å². The summed E-state index contributed by atoms with van der Waals surface area (Å²) < 4.78 is 5.35. The van der Waals surface area contributed by atoms with Crippen LogP contribution >= 0.6 is 0 Å². The molecule has 0 bridgehead atoms. The van der Waals surface area contributed by atoms with Crippen molar-refractivity contribution >= 4 is 29.0 Å². The molecule has 1 aromatic carbocycles. The van der Waals surface area contributed by atoms with Gasteiger partial charge in [-0.3, -0.25) is 15.0 Å². The molecule has 1 aromatic heterocycles. The van der Waals surface area contributed by atoms with Gasteiger partial charge in [-0.25, -0.2) is 10.0 Å². The standard InChI is InChI=1S/C18H19N5O3/c1-10-14(15(26-22-10)12-8-9-12)20-17(24)16-19-11(2)18(25)23(21-16)13-6-4-3-5-7-13/h3-7,11-12H,8-9H2,1-2H3,(H,19,21)(H,20,24). The van der Waals surface area contributed by atoms with E-state index in [-0.39, 0.29) is 11.7 Å². The fraction of sp³-hybridized carbons (Fsp3) is 0.333. The lowest BCUT2D eigenvalue weighted by molar-refractivity contribution is -0.120. The van der Waals surface area contributed by atoms with Gasteiger partial charge < -0.3 is 9.84 Å². The van der Waals surface area contributed by atoms with Crippen molar-refractivity contribution in [1.29, 1.82) is 0 Å².